The van der Waals surface area contributed by atoms with Crippen LogP contribution in [-0.2, 0) is 13.1 Å². The normalized spacial score (nSPS) is 11.4. The molecule has 0 saturated heterocycles. The highest BCUT2D eigenvalue weighted by Crippen LogP contribution is 2.27. The zero-order chi connectivity index (χ0) is 22.9. The van der Waals surface area contributed by atoms with Crippen molar-refractivity contribution in [1.82, 2.24) is 4.90 Å². The largest absolute Gasteiger partial charge is 0.277 e. The standard InChI is InChI=1S/C29H24N2O2/c32-31(33)28-19-17-27(18-20-28)29(21-16-24-10-4-1-5-11-24)30(22-25-12-6-2-7-13-25)23-26-14-8-3-9-15-26/h1-15,17-20,29H,22-23H2. The Kier molecular flexibility index (Phi) is 7.27. The van der Waals surface area contributed by atoms with Crippen molar-refractivity contribution < 1.29 is 4.92 Å². The molecule has 0 radical (unpaired) electrons. The average Bonchev–Trinajstić information content (AvgIpc) is 2.86. The van der Waals surface area contributed by atoms with Gasteiger partial charge in [0.25, 0.3) is 5.69 Å². The first-order chi connectivity index (χ1) is 16.2. The second-order valence-electron chi connectivity index (χ2n) is 7.76. The third kappa shape index (κ3) is 6.16. The summed E-state index contributed by atoms with van der Waals surface area (Å²) in [6, 6.07) is 36.9. The number of benzene rings is 4. The summed E-state index contributed by atoms with van der Waals surface area (Å²) in [5.74, 6) is 6.75. The predicted molar refractivity (Wildman–Crippen MR) is 131 cm³/mol. The number of nitrogens with zero attached hydrogens (tertiary/aromatic N) is 2. The van der Waals surface area contributed by atoms with E-state index in [0.717, 1.165) is 11.1 Å². The van der Waals surface area contributed by atoms with Gasteiger partial charge in [0, 0.05) is 30.8 Å². The minimum atomic E-state index is -0.375. The molecule has 0 aliphatic rings. The summed E-state index contributed by atoms with van der Waals surface area (Å²) >= 11 is 0. The minimum Gasteiger partial charge on any atom is -0.277 e. The number of nitro groups is 1. The summed E-state index contributed by atoms with van der Waals surface area (Å²) in [5.41, 5.74) is 4.30. The molecule has 0 amide bonds. The lowest BCUT2D eigenvalue weighted by atomic mass is 10.0. The molecule has 0 fully saturated rings. The van der Waals surface area contributed by atoms with Crippen LogP contribution in [-0.4, -0.2) is 9.82 Å². The Balaban J connectivity index is 1.75. The number of hydrogen-bond acceptors (Lipinski definition) is 3. The topological polar surface area (TPSA) is 46.4 Å². The highest BCUT2D eigenvalue weighted by Gasteiger charge is 2.20. The molecule has 33 heavy (non-hydrogen) atoms. The highest BCUT2D eigenvalue weighted by atomic mass is 16.6. The van der Waals surface area contributed by atoms with Crippen molar-refractivity contribution in [2.75, 3.05) is 0 Å². The maximum absolute atomic E-state index is 11.2. The van der Waals surface area contributed by atoms with Gasteiger partial charge in [-0.05, 0) is 41.0 Å². The van der Waals surface area contributed by atoms with Crippen molar-refractivity contribution in [1.29, 1.82) is 0 Å². The lowest BCUT2D eigenvalue weighted by Gasteiger charge is -2.29. The monoisotopic (exact) mass is 432 g/mol. The number of hydrogen-bond donors (Lipinski definition) is 0. The smallest absolute Gasteiger partial charge is 0.269 e. The van der Waals surface area contributed by atoms with E-state index in [0.29, 0.717) is 13.1 Å². The molecule has 0 saturated carbocycles. The van der Waals surface area contributed by atoms with Gasteiger partial charge in [-0.15, -0.1) is 0 Å². The van der Waals surface area contributed by atoms with Gasteiger partial charge in [0.1, 0.15) is 0 Å². The Labute approximate surface area is 194 Å². The van der Waals surface area contributed by atoms with Gasteiger partial charge >= 0.3 is 0 Å². The van der Waals surface area contributed by atoms with Crippen molar-refractivity contribution in [3.05, 3.63) is 148 Å². The van der Waals surface area contributed by atoms with E-state index >= 15 is 0 Å². The molecule has 4 nitrogen and oxygen atoms in total. The molecule has 1 atom stereocenters. The predicted octanol–water partition coefficient (Wildman–Crippen LogP) is 6.39. The molecule has 4 rings (SSSR count). The lowest BCUT2D eigenvalue weighted by Crippen LogP contribution is -2.27. The van der Waals surface area contributed by atoms with E-state index in [1.807, 2.05) is 78.9 Å². The minimum absolute atomic E-state index is 0.0752. The first-order valence-corrected chi connectivity index (χ1v) is 10.8. The van der Waals surface area contributed by atoms with Gasteiger partial charge in [-0.25, -0.2) is 0 Å². The van der Waals surface area contributed by atoms with Crippen molar-refractivity contribution in [3.63, 3.8) is 0 Å². The maximum atomic E-state index is 11.2. The Hall–Kier alpha value is -4.20. The summed E-state index contributed by atoms with van der Waals surface area (Å²) in [6.07, 6.45) is 0. The van der Waals surface area contributed by atoms with Crippen LogP contribution in [0.15, 0.2) is 115 Å². The van der Waals surface area contributed by atoms with Gasteiger partial charge in [0.05, 0.1) is 11.0 Å². The van der Waals surface area contributed by atoms with Gasteiger partial charge in [0.2, 0.25) is 0 Å². The Morgan fingerprint density at radius 3 is 1.67 bits per heavy atom. The summed E-state index contributed by atoms with van der Waals surface area (Å²) < 4.78 is 0. The van der Waals surface area contributed by atoms with Crippen LogP contribution in [0, 0.1) is 22.0 Å². The molecule has 1 unspecified atom stereocenters. The third-order valence-corrected chi connectivity index (χ3v) is 5.37. The van der Waals surface area contributed by atoms with E-state index in [9.17, 15) is 10.1 Å². The zero-order valence-corrected chi connectivity index (χ0v) is 18.2. The molecule has 0 aromatic heterocycles. The fourth-order valence-electron chi connectivity index (χ4n) is 3.71. The fraction of sp³-hybridized carbons (Fsp3) is 0.103. The van der Waals surface area contributed by atoms with E-state index in [1.165, 1.54) is 11.1 Å². The van der Waals surface area contributed by atoms with Crippen LogP contribution in [0.4, 0.5) is 5.69 Å². The van der Waals surface area contributed by atoms with E-state index in [4.69, 9.17) is 0 Å². The van der Waals surface area contributed by atoms with Crippen LogP contribution in [0.3, 0.4) is 0 Å². The van der Waals surface area contributed by atoms with Crippen molar-refractivity contribution in [2.24, 2.45) is 0 Å². The molecule has 4 heteroatoms. The summed E-state index contributed by atoms with van der Waals surface area (Å²) in [4.78, 5) is 13.1. The SMILES string of the molecule is O=[N+]([O-])c1ccc(C(C#Cc2ccccc2)N(Cc2ccccc2)Cc2ccccc2)cc1. The van der Waals surface area contributed by atoms with E-state index < -0.39 is 0 Å². The van der Waals surface area contributed by atoms with E-state index in [2.05, 4.69) is 41.0 Å². The second-order valence-corrected chi connectivity index (χ2v) is 7.76. The number of non-ortho nitro benzene ring substituents is 1. The summed E-state index contributed by atoms with van der Waals surface area (Å²) in [5, 5.41) is 11.2. The molecule has 0 N–H and O–H groups in total. The van der Waals surface area contributed by atoms with Crippen molar-refractivity contribution >= 4 is 5.69 Å². The van der Waals surface area contributed by atoms with E-state index in [-0.39, 0.29) is 16.7 Å². The maximum Gasteiger partial charge on any atom is 0.269 e. The molecule has 0 heterocycles. The molecular formula is C29H24N2O2. The third-order valence-electron chi connectivity index (χ3n) is 5.37. The quantitative estimate of drug-likeness (QED) is 0.193. The first kappa shape index (κ1) is 22.0. The van der Waals surface area contributed by atoms with Crippen LogP contribution >= 0.6 is 0 Å². The number of rotatable bonds is 7. The van der Waals surface area contributed by atoms with Crippen molar-refractivity contribution in [3.8, 4) is 11.8 Å². The van der Waals surface area contributed by atoms with Gasteiger partial charge in [0.15, 0.2) is 0 Å². The van der Waals surface area contributed by atoms with Gasteiger partial charge in [-0.1, -0.05) is 90.7 Å². The number of nitro benzene ring substituents is 1. The van der Waals surface area contributed by atoms with Gasteiger partial charge in [-0.3, -0.25) is 15.0 Å². The molecule has 0 aliphatic heterocycles. The lowest BCUT2D eigenvalue weighted by molar-refractivity contribution is -0.384. The molecule has 4 aromatic carbocycles. The van der Waals surface area contributed by atoms with Crippen LogP contribution in [0.2, 0.25) is 0 Å². The average molecular weight is 433 g/mol. The Morgan fingerprint density at radius 1 is 0.697 bits per heavy atom. The first-order valence-electron chi connectivity index (χ1n) is 10.8. The van der Waals surface area contributed by atoms with Gasteiger partial charge in [-0.2, -0.15) is 0 Å². The van der Waals surface area contributed by atoms with Crippen LogP contribution in [0.5, 0.6) is 0 Å². The van der Waals surface area contributed by atoms with Crippen molar-refractivity contribution in [2.45, 2.75) is 19.1 Å². The summed E-state index contributed by atoms with van der Waals surface area (Å²) in [7, 11) is 0. The molecule has 0 spiro atoms. The van der Waals surface area contributed by atoms with Crippen LogP contribution < -0.4 is 0 Å². The Morgan fingerprint density at radius 2 is 1.18 bits per heavy atom. The molecule has 162 valence electrons. The van der Waals surface area contributed by atoms with Crippen LogP contribution in [0.1, 0.15) is 28.3 Å². The Bertz CT molecular complexity index is 1190. The van der Waals surface area contributed by atoms with Crippen LogP contribution in [0.25, 0.3) is 0 Å². The zero-order valence-electron chi connectivity index (χ0n) is 18.2. The fourth-order valence-corrected chi connectivity index (χ4v) is 3.71. The molecular weight excluding hydrogens is 408 g/mol. The van der Waals surface area contributed by atoms with Gasteiger partial charge < -0.3 is 0 Å². The molecule has 0 aliphatic carbocycles. The highest BCUT2D eigenvalue weighted by molar-refractivity contribution is 5.41. The second kappa shape index (κ2) is 10.9. The molecule has 0 bridgehead atoms. The molecule has 4 aromatic rings. The summed E-state index contributed by atoms with van der Waals surface area (Å²) in [6.45, 7) is 1.39. The van der Waals surface area contributed by atoms with E-state index in [1.54, 1.807) is 12.1 Å².